The van der Waals surface area contributed by atoms with E-state index in [1.165, 1.54) is 11.3 Å². The number of carbonyl (C=O) groups excluding carboxylic acids is 1. The first-order valence-corrected chi connectivity index (χ1v) is 6.72. The van der Waals surface area contributed by atoms with Crippen LogP contribution in [0.15, 0.2) is 0 Å². The Labute approximate surface area is 112 Å². The van der Waals surface area contributed by atoms with Crippen LogP contribution in [0.4, 0.5) is 10.9 Å². The number of hydrogen-bond donors (Lipinski definition) is 3. The lowest BCUT2D eigenvalue weighted by molar-refractivity contribution is 0.0948. The van der Waals surface area contributed by atoms with Crippen LogP contribution in [0, 0.1) is 0 Å². The summed E-state index contributed by atoms with van der Waals surface area (Å²) in [4.78, 5) is 18.6. The Balaban J connectivity index is 2.61. The second-order valence-electron chi connectivity index (χ2n) is 4.29. The number of thiazole rings is 1. The Morgan fingerprint density at radius 2 is 2.22 bits per heavy atom. The van der Waals surface area contributed by atoms with E-state index in [4.69, 9.17) is 5.73 Å². The van der Waals surface area contributed by atoms with E-state index in [9.17, 15) is 4.79 Å². The summed E-state index contributed by atoms with van der Waals surface area (Å²) in [6.07, 6.45) is 0. The lowest BCUT2D eigenvalue weighted by Crippen LogP contribution is -2.38. The van der Waals surface area contributed by atoms with Crippen LogP contribution in [0.3, 0.4) is 0 Å². The maximum Gasteiger partial charge on any atom is 0.265 e. The molecule has 0 radical (unpaired) electrons. The summed E-state index contributed by atoms with van der Waals surface area (Å²) in [7, 11) is 3.95. The molecule has 4 N–H and O–H groups in total. The fraction of sp³-hybridized carbons (Fsp3) is 0.636. The molecule has 0 saturated carbocycles. The Kier molecular flexibility index (Phi) is 5.36. The molecule has 0 aliphatic rings. The first-order chi connectivity index (χ1) is 8.45. The van der Waals surface area contributed by atoms with E-state index in [1.54, 1.807) is 0 Å². The first-order valence-electron chi connectivity index (χ1n) is 5.90. The third kappa shape index (κ3) is 3.85. The van der Waals surface area contributed by atoms with Crippen LogP contribution in [0.5, 0.6) is 0 Å². The normalized spacial score (nSPS) is 12.5. The van der Waals surface area contributed by atoms with Crippen LogP contribution >= 0.6 is 11.3 Å². The van der Waals surface area contributed by atoms with Gasteiger partial charge in [0.2, 0.25) is 0 Å². The SMILES string of the molecule is CCNc1nc(N)c(C(=O)NCC(C)N(C)C)s1. The van der Waals surface area contributed by atoms with Crippen LogP contribution in [-0.2, 0) is 0 Å². The summed E-state index contributed by atoms with van der Waals surface area (Å²) < 4.78 is 0. The molecule has 1 unspecified atom stereocenters. The third-order valence-electron chi connectivity index (χ3n) is 2.63. The highest BCUT2D eigenvalue weighted by atomic mass is 32.1. The van der Waals surface area contributed by atoms with Gasteiger partial charge < -0.3 is 21.3 Å². The van der Waals surface area contributed by atoms with Gasteiger partial charge in [0, 0.05) is 19.1 Å². The summed E-state index contributed by atoms with van der Waals surface area (Å²) in [5.74, 6) is 0.119. The molecule has 0 aliphatic heterocycles. The number of hydrogen-bond acceptors (Lipinski definition) is 6. The molecule has 1 heterocycles. The molecule has 7 heteroatoms. The van der Waals surface area contributed by atoms with Crippen molar-refractivity contribution in [3.63, 3.8) is 0 Å². The fourth-order valence-electron chi connectivity index (χ4n) is 1.22. The quantitative estimate of drug-likeness (QED) is 0.714. The number of carbonyl (C=O) groups is 1. The van der Waals surface area contributed by atoms with Crippen molar-refractivity contribution in [1.82, 2.24) is 15.2 Å². The van der Waals surface area contributed by atoms with E-state index < -0.39 is 0 Å². The van der Waals surface area contributed by atoms with Gasteiger partial charge in [-0.3, -0.25) is 4.79 Å². The van der Waals surface area contributed by atoms with E-state index in [2.05, 4.69) is 15.6 Å². The molecule has 0 fully saturated rings. The molecule has 1 atom stereocenters. The predicted octanol–water partition coefficient (Wildman–Crippen LogP) is 0.837. The summed E-state index contributed by atoms with van der Waals surface area (Å²) in [6.45, 7) is 5.35. The smallest absolute Gasteiger partial charge is 0.265 e. The number of nitrogens with zero attached hydrogens (tertiary/aromatic N) is 2. The average molecular weight is 271 g/mol. The summed E-state index contributed by atoms with van der Waals surface area (Å²) in [5, 5.41) is 6.59. The molecule has 0 saturated heterocycles. The second-order valence-corrected chi connectivity index (χ2v) is 5.29. The van der Waals surface area contributed by atoms with Gasteiger partial charge in [0.05, 0.1) is 0 Å². The Morgan fingerprint density at radius 3 is 2.78 bits per heavy atom. The second kappa shape index (κ2) is 6.55. The number of amides is 1. The van der Waals surface area contributed by atoms with Gasteiger partial charge in [0.15, 0.2) is 5.13 Å². The van der Waals surface area contributed by atoms with E-state index in [1.807, 2.05) is 32.8 Å². The zero-order valence-electron chi connectivity index (χ0n) is 11.3. The van der Waals surface area contributed by atoms with Gasteiger partial charge in [-0.15, -0.1) is 0 Å². The topological polar surface area (TPSA) is 83.3 Å². The first kappa shape index (κ1) is 14.7. The van der Waals surface area contributed by atoms with Gasteiger partial charge in [-0.05, 0) is 27.9 Å². The van der Waals surface area contributed by atoms with Crippen molar-refractivity contribution in [3.05, 3.63) is 4.88 Å². The number of nitrogen functional groups attached to an aromatic ring is 1. The standard InChI is InChI=1S/C11H21N5OS/c1-5-13-11-15-9(12)8(18-11)10(17)14-6-7(2)16(3)4/h7H,5-6,12H2,1-4H3,(H,13,15)(H,14,17). The van der Waals surface area contributed by atoms with Crippen LogP contribution in [0.2, 0.25) is 0 Å². The molecule has 1 rings (SSSR count). The van der Waals surface area contributed by atoms with E-state index >= 15 is 0 Å². The van der Waals surface area contributed by atoms with Crippen molar-refractivity contribution < 1.29 is 4.79 Å². The number of nitrogens with one attached hydrogen (secondary N) is 2. The number of anilines is 2. The van der Waals surface area contributed by atoms with Crippen molar-refractivity contribution in [2.75, 3.05) is 38.2 Å². The summed E-state index contributed by atoms with van der Waals surface area (Å²) in [6, 6.07) is 0.274. The highest BCUT2D eigenvalue weighted by Gasteiger charge is 2.16. The maximum absolute atomic E-state index is 11.9. The molecule has 0 bridgehead atoms. The molecule has 0 spiro atoms. The number of nitrogens with two attached hydrogens (primary N) is 1. The van der Waals surface area contributed by atoms with Gasteiger partial charge in [-0.25, -0.2) is 4.98 Å². The molecule has 1 amide bonds. The van der Waals surface area contributed by atoms with Gasteiger partial charge in [0.1, 0.15) is 10.7 Å². The van der Waals surface area contributed by atoms with Gasteiger partial charge in [0.25, 0.3) is 5.91 Å². The van der Waals surface area contributed by atoms with E-state index in [0.717, 1.165) is 6.54 Å². The van der Waals surface area contributed by atoms with Crippen molar-refractivity contribution >= 4 is 28.2 Å². The van der Waals surface area contributed by atoms with Gasteiger partial charge >= 0.3 is 0 Å². The number of rotatable bonds is 6. The monoisotopic (exact) mass is 271 g/mol. The van der Waals surface area contributed by atoms with Crippen molar-refractivity contribution in [2.45, 2.75) is 19.9 Å². The Bertz CT molecular complexity index is 404. The Morgan fingerprint density at radius 1 is 1.56 bits per heavy atom. The molecular formula is C11H21N5OS. The highest BCUT2D eigenvalue weighted by molar-refractivity contribution is 7.18. The third-order valence-corrected chi connectivity index (χ3v) is 3.65. The van der Waals surface area contributed by atoms with Crippen molar-refractivity contribution in [3.8, 4) is 0 Å². The minimum absolute atomic E-state index is 0.164. The average Bonchev–Trinajstić information content (AvgIpc) is 2.67. The van der Waals surface area contributed by atoms with Gasteiger partial charge in [-0.2, -0.15) is 0 Å². The maximum atomic E-state index is 11.9. The lowest BCUT2D eigenvalue weighted by Gasteiger charge is -2.19. The summed E-state index contributed by atoms with van der Waals surface area (Å²) >= 11 is 1.28. The molecular weight excluding hydrogens is 250 g/mol. The zero-order chi connectivity index (χ0) is 13.7. The lowest BCUT2D eigenvalue weighted by atomic mass is 10.3. The predicted molar refractivity (Wildman–Crippen MR) is 76.2 cm³/mol. The summed E-state index contributed by atoms with van der Waals surface area (Å²) in [5.41, 5.74) is 5.73. The molecule has 1 aromatic heterocycles. The van der Waals surface area contributed by atoms with Crippen LogP contribution in [0.1, 0.15) is 23.5 Å². The Hall–Kier alpha value is -1.34. The largest absolute Gasteiger partial charge is 0.382 e. The molecule has 18 heavy (non-hydrogen) atoms. The van der Waals surface area contributed by atoms with E-state index in [0.29, 0.717) is 16.6 Å². The highest BCUT2D eigenvalue weighted by Crippen LogP contribution is 2.24. The molecule has 6 nitrogen and oxygen atoms in total. The van der Waals surface area contributed by atoms with Crippen molar-refractivity contribution in [2.24, 2.45) is 0 Å². The van der Waals surface area contributed by atoms with Crippen LogP contribution in [-0.4, -0.2) is 49.0 Å². The van der Waals surface area contributed by atoms with Crippen LogP contribution in [0.25, 0.3) is 0 Å². The van der Waals surface area contributed by atoms with Gasteiger partial charge in [-0.1, -0.05) is 11.3 Å². The minimum atomic E-state index is -0.164. The zero-order valence-corrected chi connectivity index (χ0v) is 12.1. The number of aromatic nitrogens is 1. The molecule has 102 valence electrons. The minimum Gasteiger partial charge on any atom is -0.382 e. The number of likely N-dealkylation sites (N-methyl/N-ethyl adjacent to an activating group) is 1. The van der Waals surface area contributed by atoms with Crippen LogP contribution < -0.4 is 16.4 Å². The molecule has 0 aliphatic carbocycles. The van der Waals surface area contributed by atoms with E-state index in [-0.39, 0.29) is 17.8 Å². The molecule has 0 aromatic carbocycles. The molecule has 1 aromatic rings. The van der Waals surface area contributed by atoms with Crippen molar-refractivity contribution in [1.29, 1.82) is 0 Å². The fourth-order valence-corrected chi connectivity index (χ4v) is 2.09.